The summed E-state index contributed by atoms with van der Waals surface area (Å²) in [5.74, 6) is 1.61. The van der Waals surface area contributed by atoms with E-state index < -0.39 is 18.3 Å². The van der Waals surface area contributed by atoms with Crippen LogP contribution in [0.5, 0.6) is 11.5 Å². The molecule has 3 aliphatic rings. The van der Waals surface area contributed by atoms with E-state index in [-0.39, 0.29) is 29.9 Å². The van der Waals surface area contributed by atoms with Gasteiger partial charge in [-0.15, -0.1) is 0 Å². The number of fused-ring (bicyclic) bond motifs is 2. The summed E-state index contributed by atoms with van der Waals surface area (Å²) in [6.45, 7) is 6.25. The van der Waals surface area contributed by atoms with Gasteiger partial charge in [0.1, 0.15) is 34.8 Å². The molecule has 0 saturated heterocycles. The third kappa shape index (κ3) is 9.07. The topological polar surface area (TPSA) is 171 Å². The maximum Gasteiger partial charge on any atom is 0.345 e. The number of aryl methyl sites for hydroxylation is 1. The van der Waals surface area contributed by atoms with Gasteiger partial charge in [0, 0.05) is 32.5 Å². The van der Waals surface area contributed by atoms with Gasteiger partial charge in [-0.2, -0.15) is 4.98 Å². The molecule has 3 aliphatic heterocycles. The Morgan fingerprint density at radius 3 is 2.55 bits per heavy atom. The molecule has 2 atom stereocenters. The Kier molecular flexibility index (Phi) is 11.0. The molecule has 4 heterocycles. The summed E-state index contributed by atoms with van der Waals surface area (Å²) >= 11 is 2.57. The second-order valence-corrected chi connectivity index (χ2v) is 13.5. The number of ether oxygens (including phenoxy) is 3. The Morgan fingerprint density at radius 1 is 1.02 bits per heavy atom. The Morgan fingerprint density at radius 2 is 1.76 bits per heavy atom. The third-order valence-corrected chi connectivity index (χ3v) is 9.99. The van der Waals surface area contributed by atoms with Crippen molar-refractivity contribution >= 4 is 51.8 Å². The molecule has 6 rings (SSSR count). The fourth-order valence-electron chi connectivity index (χ4n) is 5.13. The average Bonchev–Trinajstić information content (AvgIpc) is 3.10. The van der Waals surface area contributed by atoms with Crippen LogP contribution in [-0.4, -0.2) is 77.7 Å². The summed E-state index contributed by atoms with van der Waals surface area (Å²) < 4.78 is 17.8. The molecule has 0 fully saturated rings. The number of aromatic nitrogens is 2. The molecule has 0 spiro atoms. The van der Waals surface area contributed by atoms with Crippen LogP contribution in [0.15, 0.2) is 69.2 Å². The van der Waals surface area contributed by atoms with Gasteiger partial charge >= 0.3 is 5.69 Å². The number of rotatable bonds is 11. The third-order valence-electron chi connectivity index (χ3n) is 7.79. The molecule has 1 aromatic heterocycles. The number of aromatic amines is 1. The lowest BCUT2D eigenvalue weighted by atomic mass is 10.1. The number of likely N-dealkylation sites (N-methyl/N-ethyl adjacent to an activating group) is 1. The molecule has 5 N–H and O–H groups in total. The van der Waals surface area contributed by atoms with Gasteiger partial charge in [-0.1, -0.05) is 35.7 Å². The minimum absolute atomic E-state index is 0.0940. The lowest BCUT2D eigenvalue weighted by molar-refractivity contribution is -0.119. The average molecular weight is 707 g/mol. The van der Waals surface area contributed by atoms with E-state index in [4.69, 9.17) is 14.2 Å². The standard InChI is InChI=1S/C33H38N8O6S2/c1-19-12-36-32(44)39-30(19)48-17-27(42)34-14-21-4-6-25-23(10-21)38-29(16-46-25)47-33-37-13-20(2)31(40-33)49-18-28(43)35-15-22-5-7-26-24(11-22)41(3)8-9-45-26/h4-7,10-13,29,33,37-38H,8-9,14-18H2,1-3H3,(H,34,42)(H,35,43)(H,36,39,44). The molecule has 2 amide bonds. The first-order valence-electron chi connectivity index (χ1n) is 15.7. The van der Waals surface area contributed by atoms with E-state index in [9.17, 15) is 14.4 Å². The van der Waals surface area contributed by atoms with Crippen LogP contribution in [0.4, 0.5) is 11.4 Å². The van der Waals surface area contributed by atoms with Crippen LogP contribution in [0.3, 0.4) is 0 Å². The highest BCUT2D eigenvalue weighted by molar-refractivity contribution is 8.15. The summed E-state index contributed by atoms with van der Waals surface area (Å²) in [5.41, 5.74) is 4.89. The normalized spacial score (nSPS) is 17.9. The van der Waals surface area contributed by atoms with Gasteiger partial charge in [-0.25, -0.2) is 9.79 Å². The molecule has 0 bridgehead atoms. The zero-order chi connectivity index (χ0) is 34.3. The van der Waals surface area contributed by atoms with Crippen molar-refractivity contribution in [3.05, 3.63) is 81.5 Å². The van der Waals surface area contributed by atoms with E-state index in [1.165, 1.54) is 23.5 Å². The minimum atomic E-state index is -0.676. The molecule has 0 saturated carbocycles. The Balaban J connectivity index is 0.960. The van der Waals surface area contributed by atoms with Crippen molar-refractivity contribution in [3.8, 4) is 11.5 Å². The number of nitrogens with zero attached hydrogens (tertiary/aromatic N) is 3. The fraction of sp³-hybridized carbons (Fsp3) is 0.364. The Bertz CT molecular complexity index is 1830. The zero-order valence-electron chi connectivity index (χ0n) is 27.3. The van der Waals surface area contributed by atoms with Gasteiger partial charge in [-0.3, -0.25) is 9.59 Å². The molecule has 16 heteroatoms. The van der Waals surface area contributed by atoms with Gasteiger partial charge in [0.2, 0.25) is 18.2 Å². The minimum Gasteiger partial charge on any atom is -0.490 e. The van der Waals surface area contributed by atoms with Crippen molar-refractivity contribution in [2.75, 3.05) is 48.5 Å². The van der Waals surface area contributed by atoms with E-state index in [1.807, 2.05) is 63.5 Å². The maximum atomic E-state index is 12.7. The second kappa shape index (κ2) is 15.7. The summed E-state index contributed by atoms with van der Waals surface area (Å²) in [6.07, 6.45) is 2.23. The van der Waals surface area contributed by atoms with E-state index in [0.717, 1.165) is 45.9 Å². The van der Waals surface area contributed by atoms with Crippen molar-refractivity contribution in [1.82, 2.24) is 25.9 Å². The smallest absolute Gasteiger partial charge is 0.345 e. The molecule has 49 heavy (non-hydrogen) atoms. The van der Waals surface area contributed by atoms with Crippen molar-refractivity contribution in [3.63, 3.8) is 0 Å². The highest BCUT2D eigenvalue weighted by Gasteiger charge is 2.25. The number of aliphatic imine (C=N–C) groups is 1. The summed E-state index contributed by atoms with van der Waals surface area (Å²) in [7, 11) is 2.03. The van der Waals surface area contributed by atoms with Crippen molar-refractivity contribution in [2.45, 2.75) is 44.5 Å². The monoisotopic (exact) mass is 706 g/mol. The summed E-state index contributed by atoms with van der Waals surface area (Å²) in [6, 6.07) is 11.6. The number of nitrogens with one attached hydrogen (secondary N) is 5. The summed E-state index contributed by atoms with van der Waals surface area (Å²) in [4.78, 5) is 49.9. The lowest BCUT2D eigenvalue weighted by Gasteiger charge is -2.31. The van der Waals surface area contributed by atoms with Crippen LogP contribution in [-0.2, 0) is 27.4 Å². The molecule has 2 aromatic carbocycles. The van der Waals surface area contributed by atoms with Crippen LogP contribution >= 0.6 is 23.5 Å². The number of thioether (sulfide) groups is 2. The van der Waals surface area contributed by atoms with Gasteiger partial charge in [-0.05, 0) is 60.4 Å². The predicted molar refractivity (Wildman–Crippen MR) is 190 cm³/mol. The Labute approximate surface area is 291 Å². The molecule has 0 radical (unpaired) electrons. The number of benzene rings is 2. The molecule has 3 aromatic rings. The highest BCUT2D eigenvalue weighted by Crippen LogP contribution is 2.32. The highest BCUT2D eigenvalue weighted by atomic mass is 32.2. The van der Waals surface area contributed by atoms with Crippen LogP contribution in [0.2, 0.25) is 0 Å². The van der Waals surface area contributed by atoms with Gasteiger partial charge in [0.25, 0.3) is 0 Å². The molecule has 14 nitrogen and oxygen atoms in total. The van der Waals surface area contributed by atoms with Crippen LogP contribution < -0.4 is 41.3 Å². The van der Waals surface area contributed by atoms with Gasteiger partial charge in [0.15, 0.2) is 6.23 Å². The first-order chi connectivity index (χ1) is 23.7. The SMILES string of the molecule is CC1=CNC(OC2COc3ccc(CNC(=O)CSc4nc(=O)[nH]cc4C)cc3N2)N=C1SCC(=O)NCc1ccc2c(c1)N(C)CCO2. The largest absolute Gasteiger partial charge is 0.490 e. The number of hydrogen-bond acceptors (Lipinski definition) is 13. The van der Waals surface area contributed by atoms with Gasteiger partial charge in [0.05, 0.1) is 29.4 Å². The van der Waals surface area contributed by atoms with Crippen molar-refractivity contribution in [1.29, 1.82) is 0 Å². The number of amides is 2. The number of carbonyl (C=O) groups excluding carboxylic acids is 2. The van der Waals surface area contributed by atoms with Crippen LogP contribution in [0.25, 0.3) is 0 Å². The fourth-order valence-corrected chi connectivity index (χ4v) is 6.76. The summed E-state index contributed by atoms with van der Waals surface area (Å²) in [5, 5.41) is 13.6. The van der Waals surface area contributed by atoms with Crippen LogP contribution in [0, 0.1) is 6.92 Å². The van der Waals surface area contributed by atoms with E-state index in [0.29, 0.717) is 35.5 Å². The number of hydrogen-bond donors (Lipinski definition) is 5. The quantitative estimate of drug-likeness (QED) is 0.146. The molecule has 2 unspecified atom stereocenters. The van der Waals surface area contributed by atoms with Crippen LogP contribution in [0.1, 0.15) is 23.6 Å². The van der Waals surface area contributed by atoms with E-state index in [2.05, 4.69) is 41.1 Å². The Hall–Kier alpha value is -4.67. The lowest BCUT2D eigenvalue weighted by Crippen LogP contribution is -2.41. The number of anilines is 2. The predicted octanol–water partition coefficient (Wildman–Crippen LogP) is 2.70. The first-order valence-corrected chi connectivity index (χ1v) is 17.7. The molecule has 258 valence electrons. The van der Waals surface area contributed by atoms with Crippen molar-refractivity contribution in [2.24, 2.45) is 4.99 Å². The zero-order valence-corrected chi connectivity index (χ0v) is 29.0. The molecular formula is C33H38N8O6S2. The van der Waals surface area contributed by atoms with Gasteiger partial charge < -0.3 is 45.4 Å². The maximum absolute atomic E-state index is 12.7. The van der Waals surface area contributed by atoms with Crippen molar-refractivity contribution < 1.29 is 23.8 Å². The molecule has 0 aliphatic carbocycles. The first kappa shape index (κ1) is 34.2. The van der Waals surface area contributed by atoms with E-state index >= 15 is 0 Å². The second-order valence-electron chi connectivity index (χ2n) is 11.6. The molecular weight excluding hydrogens is 669 g/mol. The number of H-pyrrole nitrogens is 1. The number of carbonyl (C=O) groups is 2. The van der Waals surface area contributed by atoms with E-state index in [1.54, 1.807) is 6.20 Å².